The van der Waals surface area contributed by atoms with Crippen molar-refractivity contribution < 1.29 is 38.4 Å². The van der Waals surface area contributed by atoms with Gasteiger partial charge in [0.15, 0.2) is 18.2 Å². The molecule has 0 aliphatic carbocycles. The number of Topliss-reactive ketones (excluding diaryl/α,β-unsaturated/α-hetero) is 2. The number of aryl methyl sites for hydroxylation is 1. The summed E-state index contributed by atoms with van der Waals surface area (Å²) in [6, 6.07) is 6.89. The molecule has 3 rings (SSSR count). The van der Waals surface area contributed by atoms with Gasteiger partial charge in [-0.15, -0.1) is 0 Å². The number of unbranched alkanes of at least 4 members (excludes halogenated alkanes) is 2. The summed E-state index contributed by atoms with van der Waals surface area (Å²) in [7, 11) is 0. The molecule has 2 aromatic rings. The number of ketones is 2. The Kier molecular flexibility index (Phi) is 12.3. The fourth-order valence-electron chi connectivity index (χ4n) is 5.21. The number of rotatable bonds is 17. The second-order valence-electron chi connectivity index (χ2n) is 11.3. The van der Waals surface area contributed by atoms with Crippen LogP contribution in [0, 0.1) is 0 Å². The van der Waals surface area contributed by atoms with Crippen molar-refractivity contribution >= 4 is 17.5 Å². The predicted molar refractivity (Wildman–Crippen MR) is 161 cm³/mol. The van der Waals surface area contributed by atoms with Gasteiger partial charge in [0.25, 0.3) is 0 Å². The molecule has 230 valence electrons. The molecule has 1 heterocycles. The summed E-state index contributed by atoms with van der Waals surface area (Å²) in [4.78, 5) is 37.1. The summed E-state index contributed by atoms with van der Waals surface area (Å²) in [6.07, 6.45) is 7.20. The maximum atomic E-state index is 13.3. The van der Waals surface area contributed by atoms with Crippen LogP contribution < -0.4 is 14.2 Å². The Morgan fingerprint density at radius 2 is 1.74 bits per heavy atom. The first kappa shape index (κ1) is 33.0. The molecule has 42 heavy (non-hydrogen) atoms. The summed E-state index contributed by atoms with van der Waals surface area (Å²) < 4.78 is 23.4. The molecular weight excluding hydrogens is 536 g/mol. The van der Waals surface area contributed by atoms with Crippen LogP contribution in [0.1, 0.15) is 118 Å². The van der Waals surface area contributed by atoms with E-state index in [1.54, 1.807) is 18.2 Å². The molecule has 8 heteroatoms. The van der Waals surface area contributed by atoms with Gasteiger partial charge in [-0.25, -0.2) is 4.79 Å². The highest BCUT2D eigenvalue weighted by Gasteiger charge is 2.37. The topological polar surface area (TPSA) is 108 Å². The molecule has 0 aromatic heterocycles. The van der Waals surface area contributed by atoms with Crippen molar-refractivity contribution in [1.29, 1.82) is 0 Å². The van der Waals surface area contributed by atoms with Crippen LogP contribution in [0.3, 0.4) is 0 Å². The lowest BCUT2D eigenvalue weighted by Gasteiger charge is -2.36. The summed E-state index contributed by atoms with van der Waals surface area (Å²) >= 11 is 0. The number of phenolic OH excluding ortho intramolecular Hbond substituents is 1. The van der Waals surface area contributed by atoms with Crippen molar-refractivity contribution in [2.24, 2.45) is 0 Å². The number of carbonyl (C=O) groups excluding carboxylic acids is 3. The first-order chi connectivity index (χ1) is 20.1. The van der Waals surface area contributed by atoms with E-state index in [1.807, 2.05) is 26.8 Å². The SMILES string of the molecule is CCCCOC(=O)COc1cc(CCC)c2c(c1)C(=O)CC(C)(CCCCOc1ccc(C(C)=O)c(O)c1CCC)O2. The van der Waals surface area contributed by atoms with Gasteiger partial charge in [0.2, 0.25) is 0 Å². The van der Waals surface area contributed by atoms with Crippen molar-refractivity contribution in [1.82, 2.24) is 0 Å². The van der Waals surface area contributed by atoms with E-state index in [1.165, 1.54) is 6.92 Å². The summed E-state index contributed by atoms with van der Waals surface area (Å²) in [5.41, 5.74) is 1.71. The third-order valence-electron chi connectivity index (χ3n) is 7.44. The number of hydrogen-bond acceptors (Lipinski definition) is 8. The summed E-state index contributed by atoms with van der Waals surface area (Å²) in [6.45, 7) is 10.1. The molecule has 0 fully saturated rings. The molecule has 0 saturated carbocycles. The molecule has 0 amide bonds. The number of hydrogen-bond donors (Lipinski definition) is 1. The first-order valence-electron chi connectivity index (χ1n) is 15.3. The zero-order chi connectivity index (χ0) is 30.7. The van der Waals surface area contributed by atoms with Gasteiger partial charge in [-0.05, 0) is 82.2 Å². The van der Waals surface area contributed by atoms with Crippen molar-refractivity contribution in [3.63, 3.8) is 0 Å². The van der Waals surface area contributed by atoms with Crippen LogP contribution in [-0.2, 0) is 22.4 Å². The van der Waals surface area contributed by atoms with E-state index in [0.29, 0.717) is 66.4 Å². The summed E-state index contributed by atoms with van der Waals surface area (Å²) in [5.74, 6) is 1.06. The van der Waals surface area contributed by atoms with Crippen LogP contribution in [0.25, 0.3) is 0 Å². The van der Waals surface area contributed by atoms with Crippen molar-refractivity contribution in [3.05, 3.63) is 46.5 Å². The number of phenols is 1. The summed E-state index contributed by atoms with van der Waals surface area (Å²) in [5, 5.41) is 10.6. The molecular formula is C34H46O8. The average molecular weight is 583 g/mol. The number of aromatic hydroxyl groups is 1. The molecule has 1 atom stereocenters. The van der Waals surface area contributed by atoms with Crippen molar-refractivity contribution in [2.45, 2.75) is 104 Å². The minimum Gasteiger partial charge on any atom is -0.507 e. The molecule has 2 aromatic carbocycles. The van der Waals surface area contributed by atoms with Gasteiger partial charge < -0.3 is 24.1 Å². The predicted octanol–water partition coefficient (Wildman–Crippen LogP) is 7.20. The fraction of sp³-hybridized carbons (Fsp3) is 0.559. The molecule has 0 radical (unpaired) electrons. The number of ether oxygens (including phenoxy) is 4. The van der Waals surface area contributed by atoms with E-state index in [4.69, 9.17) is 18.9 Å². The van der Waals surface area contributed by atoms with Gasteiger partial charge in [0.05, 0.1) is 30.8 Å². The monoisotopic (exact) mass is 582 g/mol. The van der Waals surface area contributed by atoms with E-state index in [0.717, 1.165) is 44.1 Å². The van der Waals surface area contributed by atoms with Crippen LogP contribution >= 0.6 is 0 Å². The number of carbonyl (C=O) groups is 3. The highest BCUT2D eigenvalue weighted by Crippen LogP contribution is 2.41. The van der Waals surface area contributed by atoms with E-state index < -0.39 is 11.6 Å². The molecule has 0 saturated heterocycles. The van der Waals surface area contributed by atoms with Crippen LogP contribution in [0.4, 0.5) is 0 Å². The molecule has 1 unspecified atom stereocenters. The Bertz CT molecular complexity index is 1250. The maximum Gasteiger partial charge on any atom is 0.344 e. The van der Waals surface area contributed by atoms with Crippen molar-refractivity contribution in [2.75, 3.05) is 19.8 Å². The van der Waals surface area contributed by atoms with Gasteiger partial charge >= 0.3 is 5.97 Å². The van der Waals surface area contributed by atoms with E-state index in [-0.39, 0.29) is 30.3 Å². The molecule has 1 aliphatic rings. The number of benzene rings is 2. The fourth-order valence-corrected chi connectivity index (χ4v) is 5.21. The lowest BCUT2D eigenvalue weighted by atomic mass is 9.86. The Morgan fingerprint density at radius 1 is 0.976 bits per heavy atom. The Balaban J connectivity index is 1.61. The quantitative estimate of drug-likeness (QED) is 0.119. The van der Waals surface area contributed by atoms with E-state index in [2.05, 4.69) is 6.92 Å². The van der Waals surface area contributed by atoms with E-state index >= 15 is 0 Å². The van der Waals surface area contributed by atoms with Gasteiger partial charge in [-0.3, -0.25) is 9.59 Å². The third-order valence-corrected chi connectivity index (χ3v) is 7.44. The number of esters is 1. The van der Waals surface area contributed by atoms with Gasteiger partial charge in [-0.1, -0.05) is 40.0 Å². The second kappa shape index (κ2) is 15.6. The second-order valence-corrected chi connectivity index (χ2v) is 11.3. The largest absolute Gasteiger partial charge is 0.507 e. The van der Waals surface area contributed by atoms with Crippen LogP contribution in [0.5, 0.6) is 23.0 Å². The molecule has 0 bridgehead atoms. The van der Waals surface area contributed by atoms with Crippen molar-refractivity contribution in [3.8, 4) is 23.0 Å². The van der Waals surface area contributed by atoms with Gasteiger partial charge in [0, 0.05) is 5.56 Å². The molecule has 0 spiro atoms. The Labute approximate surface area is 249 Å². The van der Waals surface area contributed by atoms with Gasteiger partial charge in [0.1, 0.15) is 28.6 Å². The highest BCUT2D eigenvalue weighted by atomic mass is 16.6. The minimum atomic E-state index is -0.646. The minimum absolute atomic E-state index is 0.00509. The molecule has 1 aliphatic heterocycles. The zero-order valence-electron chi connectivity index (χ0n) is 25.8. The standard InChI is InChI=1S/C34H46O8/c1-6-9-17-40-31(37)22-41-25-19-24(12-7-2)33-28(20-25)29(36)21-34(5,42-33)16-10-11-18-39-30-15-14-26(23(4)35)32(38)27(30)13-8-3/h14-15,19-20,38H,6-13,16-18,21-22H2,1-5H3. The third kappa shape index (κ3) is 8.73. The highest BCUT2D eigenvalue weighted by molar-refractivity contribution is 6.01. The number of fused-ring (bicyclic) bond motifs is 1. The maximum absolute atomic E-state index is 13.3. The Hall–Kier alpha value is -3.55. The van der Waals surface area contributed by atoms with Crippen LogP contribution in [0.2, 0.25) is 0 Å². The zero-order valence-corrected chi connectivity index (χ0v) is 25.8. The first-order valence-corrected chi connectivity index (χ1v) is 15.3. The molecule has 8 nitrogen and oxygen atoms in total. The van der Waals surface area contributed by atoms with Gasteiger partial charge in [-0.2, -0.15) is 0 Å². The smallest absolute Gasteiger partial charge is 0.344 e. The van der Waals surface area contributed by atoms with Crippen LogP contribution in [-0.4, -0.2) is 48.1 Å². The lowest BCUT2D eigenvalue weighted by Crippen LogP contribution is -2.39. The van der Waals surface area contributed by atoms with E-state index in [9.17, 15) is 19.5 Å². The van der Waals surface area contributed by atoms with Crippen LogP contribution in [0.15, 0.2) is 24.3 Å². The Morgan fingerprint density at radius 3 is 2.43 bits per heavy atom. The lowest BCUT2D eigenvalue weighted by molar-refractivity contribution is -0.146. The normalized spacial score (nSPS) is 16.0. The average Bonchev–Trinajstić information content (AvgIpc) is 2.94. The molecule has 1 N–H and O–H groups in total.